The summed E-state index contributed by atoms with van der Waals surface area (Å²) in [6.07, 6.45) is -0.738. The van der Waals surface area contributed by atoms with E-state index in [1.165, 1.54) is 7.11 Å². The molecule has 2 atom stereocenters. The Morgan fingerprint density at radius 3 is 2.61 bits per heavy atom. The molecule has 10 heteroatoms. The van der Waals surface area contributed by atoms with Crippen molar-refractivity contribution in [2.45, 2.75) is 18.6 Å². The van der Waals surface area contributed by atoms with Gasteiger partial charge in [0.15, 0.2) is 5.84 Å². The first-order valence-corrected chi connectivity index (χ1v) is 11.1. The van der Waals surface area contributed by atoms with E-state index in [1.807, 2.05) is 30.3 Å². The second-order valence-electron chi connectivity index (χ2n) is 6.67. The molecular formula is C21H22F2IN3O4. The highest BCUT2D eigenvalue weighted by atomic mass is 127. The van der Waals surface area contributed by atoms with E-state index in [0.717, 1.165) is 17.7 Å². The SMILES string of the molecule is COc1cc(F)c([C@@H]2CN/C(=N\OCCI)[C@H]2NC(=O)OCc2ccccc2)c(F)c1. The van der Waals surface area contributed by atoms with Crippen LogP contribution in [0.25, 0.3) is 0 Å². The highest BCUT2D eigenvalue weighted by molar-refractivity contribution is 14.1. The first-order chi connectivity index (χ1) is 15.0. The minimum absolute atomic E-state index is 0.0561. The zero-order chi connectivity index (χ0) is 22.2. The summed E-state index contributed by atoms with van der Waals surface area (Å²) in [5.41, 5.74) is 0.631. The second-order valence-corrected chi connectivity index (χ2v) is 7.75. The summed E-state index contributed by atoms with van der Waals surface area (Å²) >= 11 is 2.13. The van der Waals surface area contributed by atoms with E-state index in [2.05, 4.69) is 38.4 Å². The molecule has 1 heterocycles. The molecule has 1 aliphatic heterocycles. The number of carbonyl (C=O) groups is 1. The van der Waals surface area contributed by atoms with Gasteiger partial charge in [-0.2, -0.15) is 0 Å². The highest BCUT2D eigenvalue weighted by Crippen LogP contribution is 2.31. The van der Waals surface area contributed by atoms with Gasteiger partial charge in [-0.3, -0.25) is 0 Å². The number of hydrogen-bond acceptors (Lipinski definition) is 5. The maximum absolute atomic E-state index is 14.7. The zero-order valence-corrected chi connectivity index (χ0v) is 18.9. The van der Waals surface area contributed by atoms with E-state index in [-0.39, 0.29) is 30.3 Å². The van der Waals surface area contributed by atoms with Crippen molar-refractivity contribution in [1.82, 2.24) is 10.6 Å². The Balaban J connectivity index is 1.80. The van der Waals surface area contributed by atoms with Gasteiger partial charge in [-0.1, -0.05) is 58.1 Å². The molecule has 1 saturated heterocycles. The topological polar surface area (TPSA) is 81.2 Å². The van der Waals surface area contributed by atoms with E-state index < -0.39 is 29.7 Å². The first kappa shape index (κ1) is 23.0. The molecule has 2 aromatic rings. The Hall–Kier alpha value is -2.63. The standard InChI is InChI=1S/C21H22F2IN3O4/c1-29-14-9-16(22)18(17(23)10-14)15-11-25-20(27-31-8-7-24)19(15)26-21(28)30-12-13-5-3-2-4-6-13/h2-6,9-10,15,19H,7-8,11-12H2,1H3,(H,25,27)(H,26,28)/t15-,19-/m0/s1. The van der Waals surface area contributed by atoms with Crippen LogP contribution in [0, 0.1) is 11.6 Å². The average molecular weight is 545 g/mol. The third-order valence-electron chi connectivity index (χ3n) is 4.68. The van der Waals surface area contributed by atoms with Crippen molar-refractivity contribution in [3.63, 3.8) is 0 Å². The number of alkyl carbamates (subject to hydrolysis) is 1. The third-order valence-corrected chi connectivity index (χ3v) is 5.12. The number of ether oxygens (including phenoxy) is 2. The maximum Gasteiger partial charge on any atom is 0.408 e. The van der Waals surface area contributed by atoms with Crippen LogP contribution < -0.4 is 15.4 Å². The Morgan fingerprint density at radius 2 is 1.97 bits per heavy atom. The number of nitrogens with one attached hydrogen (secondary N) is 2. The number of nitrogens with zero attached hydrogens (tertiary/aromatic N) is 1. The molecule has 0 bridgehead atoms. The smallest absolute Gasteiger partial charge is 0.408 e. The van der Waals surface area contributed by atoms with Crippen LogP contribution >= 0.6 is 22.6 Å². The lowest BCUT2D eigenvalue weighted by Crippen LogP contribution is -2.43. The molecule has 1 amide bonds. The molecular weight excluding hydrogens is 523 g/mol. The predicted octanol–water partition coefficient (Wildman–Crippen LogP) is 3.72. The van der Waals surface area contributed by atoms with Crippen LogP contribution in [0.4, 0.5) is 13.6 Å². The van der Waals surface area contributed by atoms with Crippen LogP contribution in [-0.2, 0) is 16.2 Å². The van der Waals surface area contributed by atoms with Crippen LogP contribution in [-0.4, -0.2) is 42.7 Å². The fraction of sp³-hybridized carbons (Fsp3) is 0.333. The minimum atomic E-state index is -0.866. The fourth-order valence-electron chi connectivity index (χ4n) is 3.23. The molecule has 2 N–H and O–H groups in total. The number of halogens is 3. The summed E-state index contributed by atoms with van der Waals surface area (Å²) in [5, 5.41) is 9.62. The van der Waals surface area contributed by atoms with Crippen LogP contribution in [0.2, 0.25) is 0 Å². The normalized spacial score (nSPS) is 19.0. The van der Waals surface area contributed by atoms with Gasteiger partial charge in [0.2, 0.25) is 0 Å². The number of hydrogen-bond donors (Lipinski definition) is 2. The molecule has 0 unspecified atom stereocenters. The van der Waals surface area contributed by atoms with Crippen molar-refractivity contribution >= 4 is 34.5 Å². The van der Waals surface area contributed by atoms with Gasteiger partial charge in [0.05, 0.1) is 7.11 Å². The number of alkyl halides is 1. The molecule has 0 saturated carbocycles. The van der Waals surface area contributed by atoms with Gasteiger partial charge in [0.25, 0.3) is 0 Å². The number of methoxy groups -OCH3 is 1. The first-order valence-electron chi connectivity index (χ1n) is 9.53. The summed E-state index contributed by atoms with van der Waals surface area (Å²) < 4.78 is 40.3. The van der Waals surface area contributed by atoms with E-state index in [0.29, 0.717) is 11.0 Å². The summed E-state index contributed by atoms with van der Waals surface area (Å²) in [6.45, 7) is 0.559. The minimum Gasteiger partial charge on any atom is -0.497 e. The number of amidine groups is 1. The zero-order valence-electron chi connectivity index (χ0n) is 16.7. The number of carbonyl (C=O) groups excluding carboxylic acids is 1. The molecule has 3 rings (SSSR count). The largest absolute Gasteiger partial charge is 0.497 e. The van der Waals surface area contributed by atoms with Gasteiger partial charge in [-0.25, -0.2) is 13.6 Å². The molecule has 31 heavy (non-hydrogen) atoms. The van der Waals surface area contributed by atoms with E-state index in [9.17, 15) is 13.6 Å². The summed E-state index contributed by atoms with van der Waals surface area (Å²) in [4.78, 5) is 17.6. The molecule has 7 nitrogen and oxygen atoms in total. The molecule has 166 valence electrons. The lowest BCUT2D eigenvalue weighted by Gasteiger charge is -2.21. The average Bonchev–Trinajstić information content (AvgIpc) is 3.14. The fourth-order valence-corrected chi connectivity index (χ4v) is 3.43. The van der Waals surface area contributed by atoms with Crippen LogP contribution in [0.1, 0.15) is 17.0 Å². The molecule has 0 aliphatic carbocycles. The van der Waals surface area contributed by atoms with Crippen molar-refractivity contribution in [3.05, 3.63) is 65.2 Å². The monoisotopic (exact) mass is 545 g/mol. The van der Waals surface area contributed by atoms with Crippen molar-refractivity contribution in [3.8, 4) is 5.75 Å². The second kappa shape index (κ2) is 11.1. The van der Waals surface area contributed by atoms with Crippen molar-refractivity contribution < 1.29 is 27.9 Å². The Labute approximate surface area is 192 Å². The molecule has 0 spiro atoms. The molecule has 1 fully saturated rings. The van der Waals surface area contributed by atoms with Crippen LogP contribution in [0.5, 0.6) is 5.75 Å². The van der Waals surface area contributed by atoms with Gasteiger partial charge in [0.1, 0.15) is 36.6 Å². The quantitative estimate of drug-likeness (QED) is 0.229. The van der Waals surface area contributed by atoms with Gasteiger partial charge in [-0.15, -0.1) is 0 Å². The number of amides is 1. The van der Waals surface area contributed by atoms with Crippen LogP contribution in [0.3, 0.4) is 0 Å². The number of rotatable bonds is 8. The molecule has 0 aromatic heterocycles. The Bertz CT molecular complexity index is 907. The van der Waals surface area contributed by atoms with E-state index >= 15 is 0 Å². The molecule has 0 radical (unpaired) electrons. The summed E-state index contributed by atoms with van der Waals surface area (Å²) in [5.74, 6) is -1.99. The Kier molecular flexibility index (Phi) is 8.27. The lowest BCUT2D eigenvalue weighted by molar-refractivity contribution is 0.136. The van der Waals surface area contributed by atoms with E-state index in [4.69, 9.17) is 14.3 Å². The predicted molar refractivity (Wildman–Crippen MR) is 119 cm³/mol. The molecule has 2 aromatic carbocycles. The van der Waals surface area contributed by atoms with Gasteiger partial charge >= 0.3 is 6.09 Å². The van der Waals surface area contributed by atoms with Gasteiger partial charge in [-0.05, 0) is 5.56 Å². The number of oxime groups is 1. The number of benzene rings is 2. The van der Waals surface area contributed by atoms with Crippen molar-refractivity contribution in [2.75, 3.05) is 24.7 Å². The lowest BCUT2D eigenvalue weighted by atomic mass is 9.92. The third kappa shape index (κ3) is 5.96. The van der Waals surface area contributed by atoms with Crippen molar-refractivity contribution in [2.24, 2.45) is 5.16 Å². The summed E-state index contributed by atoms with van der Waals surface area (Å²) in [7, 11) is 1.33. The van der Waals surface area contributed by atoms with Gasteiger partial charge < -0.3 is 24.9 Å². The van der Waals surface area contributed by atoms with Gasteiger partial charge in [0, 0.05) is 34.6 Å². The highest BCUT2D eigenvalue weighted by Gasteiger charge is 2.39. The summed E-state index contributed by atoms with van der Waals surface area (Å²) in [6, 6.07) is 10.5. The molecule has 1 aliphatic rings. The maximum atomic E-state index is 14.7. The van der Waals surface area contributed by atoms with Crippen LogP contribution in [0.15, 0.2) is 47.6 Å². The van der Waals surface area contributed by atoms with E-state index in [1.54, 1.807) is 0 Å². The van der Waals surface area contributed by atoms with Crippen molar-refractivity contribution in [1.29, 1.82) is 0 Å². The Morgan fingerprint density at radius 1 is 1.26 bits per heavy atom.